The Morgan fingerprint density at radius 1 is 1.29 bits per heavy atom. The van der Waals surface area contributed by atoms with E-state index in [-0.39, 0.29) is 11.9 Å². The number of halogens is 2. The molecule has 0 amide bonds. The van der Waals surface area contributed by atoms with Crippen LogP contribution in [0.4, 0.5) is 8.78 Å². The topological polar surface area (TPSA) is 83.5 Å². The van der Waals surface area contributed by atoms with Crippen LogP contribution in [0.25, 0.3) is 0 Å². The standard InChI is InChI=1S/C19H29F2N7/c1-23-18-15(20)10-24-19(22,26-18)13-9-25-28(11-13)17-7-8-27(12-16(17)21)14-5-3-2-4-6-14/h9-11,14,16-17,23,26H,2-8,12,22H2,1H3/t16-,17-,19?/m1/s1. The second kappa shape index (κ2) is 7.79. The number of nitrogens with two attached hydrogens (primary N) is 1. The zero-order chi connectivity index (χ0) is 19.7. The molecule has 154 valence electrons. The molecule has 9 heteroatoms. The molecule has 1 saturated heterocycles. The highest BCUT2D eigenvalue weighted by Crippen LogP contribution is 2.31. The largest absolute Gasteiger partial charge is 0.372 e. The van der Waals surface area contributed by atoms with Crippen LogP contribution in [-0.4, -0.2) is 53.2 Å². The second-order valence-corrected chi connectivity index (χ2v) is 7.99. The van der Waals surface area contributed by atoms with Crippen molar-refractivity contribution in [3.63, 3.8) is 0 Å². The molecule has 0 radical (unpaired) electrons. The summed E-state index contributed by atoms with van der Waals surface area (Å²) in [5.41, 5.74) is 6.86. The van der Waals surface area contributed by atoms with Crippen LogP contribution in [0.15, 0.2) is 29.0 Å². The molecule has 0 bridgehead atoms. The summed E-state index contributed by atoms with van der Waals surface area (Å²) in [7, 11) is 1.60. The lowest BCUT2D eigenvalue weighted by atomic mass is 9.91. The van der Waals surface area contributed by atoms with Crippen molar-refractivity contribution in [2.24, 2.45) is 10.7 Å². The van der Waals surface area contributed by atoms with E-state index < -0.39 is 17.8 Å². The van der Waals surface area contributed by atoms with Crippen LogP contribution in [-0.2, 0) is 5.79 Å². The summed E-state index contributed by atoms with van der Waals surface area (Å²) in [6.07, 6.45) is 10.3. The first kappa shape index (κ1) is 19.3. The number of nitrogens with zero attached hydrogens (tertiary/aromatic N) is 4. The molecule has 1 aromatic rings. The summed E-state index contributed by atoms with van der Waals surface area (Å²) in [6, 6.07) is 0.205. The predicted molar refractivity (Wildman–Crippen MR) is 104 cm³/mol. The van der Waals surface area contributed by atoms with E-state index in [4.69, 9.17) is 5.73 Å². The first-order chi connectivity index (χ1) is 13.5. The van der Waals surface area contributed by atoms with Crippen molar-refractivity contribution >= 4 is 6.21 Å². The number of alkyl halides is 1. The maximum atomic E-state index is 15.0. The lowest BCUT2D eigenvalue weighted by Crippen LogP contribution is -2.52. The second-order valence-electron chi connectivity index (χ2n) is 7.99. The Morgan fingerprint density at radius 3 is 2.79 bits per heavy atom. The molecule has 2 fully saturated rings. The number of rotatable bonds is 4. The Bertz CT molecular complexity index is 755. The van der Waals surface area contributed by atoms with Crippen molar-refractivity contribution in [2.75, 3.05) is 20.1 Å². The minimum absolute atomic E-state index is 0.161. The number of hydrogen-bond acceptors (Lipinski definition) is 6. The van der Waals surface area contributed by atoms with E-state index in [0.717, 1.165) is 12.8 Å². The van der Waals surface area contributed by atoms with Crippen molar-refractivity contribution in [3.05, 3.63) is 29.6 Å². The summed E-state index contributed by atoms with van der Waals surface area (Å²) in [5.74, 6) is -1.69. The van der Waals surface area contributed by atoms with Gasteiger partial charge in [-0.05, 0) is 19.3 Å². The van der Waals surface area contributed by atoms with Gasteiger partial charge in [0.05, 0.1) is 24.0 Å². The summed E-state index contributed by atoms with van der Waals surface area (Å²) in [4.78, 5) is 6.39. The number of nitrogens with one attached hydrogen (secondary N) is 2. The molecular weight excluding hydrogens is 364 g/mol. The number of allylic oxidation sites excluding steroid dienone is 1. The molecule has 3 heterocycles. The van der Waals surface area contributed by atoms with Gasteiger partial charge in [0.2, 0.25) is 5.79 Å². The third kappa shape index (κ3) is 3.65. The fraction of sp³-hybridized carbons (Fsp3) is 0.684. The van der Waals surface area contributed by atoms with Crippen LogP contribution >= 0.6 is 0 Å². The molecule has 28 heavy (non-hydrogen) atoms. The SMILES string of the molecule is CNC1=C(F)C=NC(N)(c2cnn([C@@H]3CCN(C4CCCCC4)C[C@H]3F)c2)N1. The summed E-state index contributed by atoms with van der Waals surface area (Å²) < 4.78 is 30.4. The Labute approximate surface area is 164 Å². The minimum Gasteiger partial charge on any atom is -0.372 e. The van der Waals surface area contributed by atoms with Gasteiger partial charge >= 0.3 is 0 Å². The number of aromatic nitrogens is 2. The van der Waals surface area contributed by atoms with Crippen LogP contribution in [0, 0.1) is 0 Å². The highest BCUT2D eigenvalue weighted by Gasteiger charge is 2.37. The number of aliphatic imine (C=N–C) groups is 1. The minimum atomic E-state index is -1.33. The van der Waals surface area contributed by atoms with Gasteiger partial charge in [-0.25, -0.2) is 13.8 Å². The fourth-order valence-corrected chi connectivity index (χ4v) is 4.54. The Kier molecular flexibility index (Phi) is 5.37. The van der Waals surface area contributed by atoms with Crippen molar-refractivity contribution < 1.29 is 8.78 Å². The van der Waals surface area contributed by atoms with Crippen molar-refractivity contribution in [1.29, 1.82) is 0 Å². The van der Waals surface area contributed by atoms with Gasteiger partial charge in [0.25, 0.3) is 0 Å². The Hall–Kier alpha value is -2.00. The predicted octanol–water partition coefficient (Wildman–Crippen LogP) is 1.90. The van der Waals surface area contributed by atoms with Crippen molar-refractivity contribution in [2.45, 2.75) is 62.6 Å². The molecule has 3 aliphatic rings. The lowest BCUT2D eigenvalue weighted by molar-refractivity contribution is 0.0436. The van der Waals surface area contributed by atoms with Gasteiger partial charge in [0.15, 0.2) is 5.83 Å². The molecule has 3 atom stereocenters. The maximum Gasteiger partial charge on any atom is 0.213 e. The Morgan fingerprint density at radius 2 is 2.07 bits per heavy atom. The molecule has 0 spiro atoms. The number of hydrogen-bond donors (Lipinski definition) is 3. The van der Waals surface area contributed by atoms with Gasteiger partial charge in [-0.1, -0.05) is 19.3 Å². The monoisotopic (exact) mass is 393 g/mol. The molecule has 4 rings (SSSR count). The smallest absolute Gasteiger partial charge is 0.213 e. The number of piperidine rings is 1. The summed E-state index contributed by atoms with van der Waals surface area (Å²) in [6.45, 7) is 1.33. The van der Waals surface area contributed by atoms with E-state index in [1.54, 1.807) is 24.1 Å². The normalized spacial score (nSPS) is 32.4. The van der Waals surface area contributed by atoms with E-state index >= 15 is 4.39 Å². The highest BCUT2D eigenvalue weighted by atomic mass is 19.1. The van der Waals surface area contributed by atoms with E-state index in [2.05, 4.69) is 25.6 Å². The van der Waals surface area contributed by atoms with Gasteiger partial charge in [-0.15, -0.1) is 0 Å². The third-order valence-corrected chi connectivity index (χ3v) is 6.20. The van der Waals surface area contributed by atoms with Crippen molar-refractivity contribution in [1.82, 2.24) is 25.3 Å². The van der Waals surface area contributed by atoms with Crippen molar-refractivity contribution in [3.8, 4) is 0 Å². The van der Waals surface area contributed by atoms with Crippen LogP contribution < -0.4 is 16.4 Å². The summed E-state index contributed by atoms with van der Waals surface area (Å²) in [5, 5.41) is 9.91. The molecule has 4 N–H and O–H groups in total. The van der Waals surface area contributed by atoms with E-state index in [1.807, 2.05) is 0 Å². The molecule has 1 saturated carbocycles. The zero-order valence-electron chi connectivity index (χ0n) is 16.2. The lowest BCUT2D eigenvalue weighted by Gasteiger charge is -2.40. The van der Waals surface area contributed by atoms with Gasteiger partial charge in [-0.3, -0.25) is 15.3 Å². The molecule has 1 unspecified atom stereocenters. The van der Waals surface area contributed by atoms with E-state index in [9.17, 15) is 4.39 Å². The van der Waals surface area contributed by atoms with Gasteiger partial charge in [0, 0.05) is 32.4 Å². The molecule has 1 aromatic heterocycles. The maximum absolute atomic E-state index is 15.0. The van der Waals surface area contributed by atoms with Gasteiger partial charge in [-0.2, -0.15) is 5.10 Å². The molecule has 1 aliphatic carbocycles. The van der Waals surface area contributed by atoms with Crippen LogP contribution in [0.1, 0.15) is 50.1 Å². The quantitative estimate of drug-likeness (QED) is 0.728. The highest BCUT2D eigenvalue weighted by molar-refractivity contribution is 5.78. The van der Waals surface area contributed by atoms with Gasteiger partial charge < -0.3 is 10.6 Å². The van der Waals surface area contributed by atoms with E-state index in [0.29, 0.717) is 24.6 Å². The average Bonchev–Trinajstić information content (AvgIpc) is 3.21. The first-order valence-corrected chi connectivity index (χ1v) is 10.1. The Balaban J connectivity index is 1.44. The van der Waals surface area contributed by atoms with Crippen LogP contribution in [0.5, 0.6) is 0 Å². The molecule has 2 aliphatic heterocycles. The molecule has 0 aromatic carbocycles. The van der Waals surface area contributed by atoms with Gasteiger partial charge in [0.1, 0.15) is 12.0 Å². The average molecular weight is 393 g/mol. The van der Waals surface area contributed by atoms with E-state index in [1.165, 1.54) is 32.1 Å². The molecular formula is C19H29F2N7. The van der Waals surface area contributed by atoms with Crippen LogP contribution in [0.2, 0.25) is 0 Å². The first-order valence-electron chi connectivity index (χ1n) is 10.1. The van der Waals surface area contributed by atoms with Crippen LogP contribution in [0.3, 0.4) is 0 Å². The zero-order valence-corrected chi connectivity index (χ0v) is 16.2. The number of likely N-dealkylation sites (tertiary alicyclic amines) is 1. The third-order valence-electron chi connectivity index (χ3n) is 6.20. The summed E-state index contributed by atoms with van der Waals surface area (Å²) >= 11 is 0. The molecule has 7 nitrogen and oxygen atoms in total. The fourth-order valence-electron chi connectivity index (χ4n) is 4.54.